The summed E-state index contributed by atoms with van der Waals surface area (Å²) in [7, 11) is 1.28. The lowest BCUT2D eigenvalue weighted by molar-refractivity contribution is 0.0563. The molecule has 21 heavy (non-hydrogen) atoms. The van der Waals surface area contributed by atoms with Crippen LogP contribution in [0.1, 0.15) is 32.0 Å². The van der Waals surface area contributed by atoms with Gasteiger partial charge >= 0.3 is 11.9 Å². The van der Waals surface area contributed by atoms with Gasteiger partial charge < -0.3 is 19.6 Å². The first-order valence-electron chi connectivity index (χ1n) is 6.25. The van der Waals surface area contributed by atoms with Crippen LogP contribution >= 0.6 is 0 Å². The van der Waals surface area contributed by atoms with E-state index in [1.807, 2.05) is 6.92 Å². The summed E-state index contributed by atoms with van der Waals surface area (Å²) in [6, 6.07) is 6.48. The Morgan fingerprint density at radius 2 is 2.10 bits per heavy atom. The predicted molar refractivity (Wildman–Crippen MR) is 75.5 cm³/mol. The number of furan rings is 1. The van der Waals surface area contributed by atoms with Gasteiger partial charge in [0, 0.05) is 17.8 Å². The van der Waals surface area contributed by atoms with Crippen LogP contribution in [0.2, 0.25) is 0 Å². The predicted octanol–water partition coefficient (Wildman–Crippen LogP) is 2.68. The molecule has 1 aromatic heterocycles. The van der Waals surface area contributed by atoms with Gasteiger partial charge in [0.05, 0.1) is 18.9 Å². The Morgan fingerprint density at radius 3 is 2.76 bits per heavy atom. The van der Waals surface area contributed by atoms with E-state index in [-0.39, 0.29) is 11.3 Å². The van der Waals surface area contributed by atoms with E-state index in [0.29, 0.717) is 17.8 Å². The van der Waals surface area contributed by atoms with Crippen LogP contribution in [0.3, 0.4) is 0 Å². The molecule has 0 aliphatic rings. The molecule has 2 N–H and O–H groups in total. The summed E-state index contributed by atoms with van der Waals surface area (Å²) in [4.78, 5) is 22.5. The number of hydrogen-bond donors (Lipinski definition) is 2. The van der Waals surface area contributed by atoms with Gasteiger partial charge in [0.15, 0.2) is 0 Å². The molecule has 0 radical (unpaired) electrons. The van der Waals surface area contributed by atoms with Crippen molar-refractivity contribution in [2.75, 3.05) is 12.4 Å². The van der Waals surface area contributed by atoms with Crippen molar-refractivity contribution < 1.29 is 23.8 Å². The first-order valence-corrected chi connectivity index (χ1v) is 6.25. The van der Waals surface area contributed by atoms with E-state index in [1.54, 1.807) is 24.3 Å². The molecule has 2 aromatic rings. The molecule has 0 saturated carbocycles. The second-order valence-corrected chi connectivity index (χ2v) is 4.45. The van der Waals surface area contributed by atoms with Crippen molar-refractivity contribution in [2.24, 2.45) is 0 Å². The number of carbonyl (C=O) groups is 2. The zero-order valence-corrected chi connectivity index (χ0v) is 11.7. The number of aromatic carboxylic acids is 1. The summed E-state index contributed by atoms with van der Waals surface area (Å²) in [6.07, 6.45) is 1.41. The lowest BCUT2D eigenvalue weighted by Gasteiger charge is -2.10. The molecule has 6 nitrogen and oxygen atoms in total. The molecule has 1 heterocycles. The Labute approximate surface area is 121 Å². The van der Waals surface area contributed by atoms with Crippen molar-refractivity contribution >= 4 is 17.6 Å². The van der Waals surface area contributed by atoms with Crippen LogP contribution in [0.5, 0.6) is 0 Å². The van der Waals surface area contributed by atoms with E-state index < -0.39 is 11.9 Å². The smallest absolute Gasteiger partial charge is 0.374 e. The van der Waals surface area contributed by atoms with Crippen LogP contribution < -0.4 is 5.32 Å². The third kappa shape index (κ3) is 3.22. The molecule has 0 aliphatic heterocycles. The second kappa shape index (κ2) is 6.13. The van der Waals surface area contributed by atoms with E-state index in [4.69, 9.17) is 9.52 Å². The average Bonchev–Trinajstić information content (AvgIpc) is 2.93. The molecule has 0 bridgehead atoms. The number of esters is 1. The summed E-state index contributed by atoms with van der Waals surface area (Å²) in [6.45, 7) is 2.19. The molecule has 0 spiro atoms. The average molecular weight is 289 g/mol. The minimum absolute atomic E-state index is 0.136. The zero-order valence-electron chi connectivity index (χ0n) is 11.7. The number of carboxylic acid groups (broad SMARTS) is 1. The largest absolute Gasteiger partial charge is 0.478 e. The molecule has 110 valence electrons. The fourth-order valence-electron chi connectivity index (χ4n) is 1.88. The van der Waals surface area contributed by atoms with Crippen LogP contribution in [0, 0.1) is 6.92 Å². The number of benzene rings is 1. The number of anilines is 1. The zero-order chi connectivity index (χ0) is 15.4. The normalized spacial score (nSPS) is 10.2. The minimum Gasteiger partial charge on any atom is -0.478 e. The van der Waals surface area contributed by atoms with Gasteiger partial charge in [-0.25, -0.2) is 9.59 Å². The quantitative estimate of drug-likeness (QED) is 0.823. The maximum absolute atomic E-state index is 11.5. The molecule has 6 heteroatoms. The van der Waals surface area contributed by atoms with E-state index in [0.717, 1.165) is 5.56 Å². The number of hydrogen-bond acceptors (Lipinski definition) is 5. The highest BCUT2D eigenvalue weighted by Crippen LogP contribution is 2.19. The van der Waals surface area contributed by atoms with Gasteiger partial charge in [0.25, 0.3) is 0 Å². The highest BCUT2D eigenvalue weighted by molar-refractivity contribution is 5.89. The number of carbonyl (C=O) groups excluding carboxylic acids is 1. The number of rotatable bonds is 5. The summed E-state index contributed by atoms with van der Waals surface area (Å²) >= 11 is 0. The molecule has 0 fully saturated rings. The molecular weight excluding hydrogens is 274 g/mol. The van der Waals surface area contributed by atoms with Gasteiger partial charge in [-0.15, -0.1) is 0 Å². The first-order chi connectivity index (χ1) is 10.0. The van der Waals surface area contributed by atoms with E-state index in [2.05, 4.69) is 10.1 Å². The molecule has 0 aliphatic carbocycles. The lowest BCUT2D eigenvalue weighted by Crippen LogP contribution is -2.08. The Bertz CT molecular complexity index is 674. The fourth-order valence-corrected chi connectivity index (χ4v) is 1.88. The summed E-state index contributed by atoms with van der Waals surface area (Å²) < 4.78 is 9.71. The monoisotopic (exact) mass is 289 g/mol. The van der Waals surface area contributed by atoms with Crippen LogP contribution in [0.25, 0.3) is 0 Å². The van der Waals surface area contributed by atoms with Gasteiger partial charge in [-0.1, -0.05) is 6.07 Å². The van der Waals surface area contributed by atoms with Gasteiger partial charge in [-0.2, -0.15) is 0 Å². The number of ether oxygens (including phenoxy) is 1. The van der Waals surface area contributed by atoms with Crippen molar-refractivity contribution in [2.45, 2.75) is 13.5 Å². The Balaban J connectivity index is 2.17. The standard InChI is InChI=1S/C15H15NO5/c1-9-3-4-10(14(17)18)7-12(9)16-8-11-5-6-21-13(11)15(19)20-2/h3-7,16H,8H2,1-2H3,(H,17,18). The first kappa shape index (κ1) is 14.6. The van der Waals surface area contributed by atoms with Gasteiger partial charge in [0.2, 0.25) is 5.76 Å². The van der Waals surface area contributed by atoms with Gasteiger partial charge in [-0.05, 0) is 30.7 Å². The maximum atomic E-state index is 11.5. The molecule has 2 rings (SSSR count). The Morgan fingerprint density at radius 1 is 1.33 bits per heavy atom. The highest BCUT2D eigenvalue weighted by Gasteiger charge is 2.15. The number of nitrogens with one attached hydrogen (secondary N) is 1. The number of carboxylic acids is 1. The SMILES string of the molecule is COC(=O)c1occc1CNc1cc(C(=O)O)ccc1C. The van der Waals surface area contributed by atoms with E-state index >= 15 is 0 Å². The van der Waals surface area contributed by atoms with Crippen molar-refractivity contribution in [3.05, 3.63) is 53.0 Å². The van der Waals surface area contributed by atoms with Crippen LogP contribution in [0.4, 0.5) is 5.69 Å². The maximum Gasteiger partial charge on any atom is 0.374 e. The molecular formula is C15H15NO5. The Hall–Kier alpha value is -2.76. The van der Waals surface area contributed by atoms with Crippen LogP contribution in [-0.4, -0.2) is 24.2 Å². The number of aryl methyl sites for hydroxylation is 1. The van der Waals surface area contributed by atoms with Crippen molar-refractivity contribution in [3.63, 3.8) is 0 Å². The van der Waals surface area contributed by atoms with Crippen molar-refractivity contribution in [3.8, 4) is 0 Å². The third-order valence-electron chi connectivity index (χ3n) is 3.07. The van der Waals surface area contributed by atoms with Gasteiger partial charge in [0.1, 0.15) is 0 Å². The lowest BCUT2D eigenvalue weighted by atomic mass is 10.1. The summed E-state index contributed by atoms with van der Waals surface area (Å²) in [5.41, 5.74) is 2.43. The summed E-state index contributed by atoms with van der Waals surface area (Å²) in [5, 5.41) is 12.1. The fraction of sp³-hybridized carbons (Fsp3) is 0.200. The highest BCUT2D eigenvalue weighted by atomic mass is 16.5. The molecule has 0 amide bonds. The Kier molecular flexibility index (Phi) is 4.27. The van der Waals surface area contributed by atoms with E-state index in [1.165, 1.54) is 13.4 Å². The molecule has 0 saturated heterocycles. The third-order valence-corrected chi connectivity index (χ3v) is 3.07. The summed E-state index contributed by atoms with van der Waals surface area (Å²) in [5.74, 6) is -1.40. The molecule has 1 aromatic carbocycles. The van der Waals surface area contributed by atoms with Crippen molar-refractivity contribution in [1.29, 1.82) is 0 Å². The minimum atomic E-state index is -0.989. The number of methoxy groups -OCH3 is 1. The molecule has 0 unspecified atom stereocenters. The van der Waals surface area contributed by atoms with Crippen LogP contribution in [-0.2, 0) is 11.3 Å². The topological polar surface area (TPSA) is 88.8 Å². The van der Waals surface area contributed by atoms with Crippen molar-refractivity contribution in [1.82, 2.24) is 0 Å². The molecule has 0 atom stereocenters. The van der Waals surface area contributed by atoms with Crippen LogP contribution in [0.15, 0.2) is 34.9 Å². The van der Waals surface area contributed by atoms with Gasteiger partial charge in [-0.3, -0.25) is 0 Å². The second-order valence-electron chi connectivity index (χ2n) is 4.45. The van der Waals surface area contributed by atoms with E-state index in [9.17, 15) is 9.59 Å².